The van der Waals surface area contributed by atoms with E-state index in [0.29, 0.717) is 12.8 Å². The highest BCUT2D eigenvalue weighted by Gasteiger charge is 1.99. The molecule has 0 spiro atoms. The van der Waals surface area contributed by atoms with Crippen molar-refractivity contribution in [2.75, 3.05) is 13.2 Å². The van der Waals surface area contributed by atoms with Crippen molar-refractivity contribution in [3.05, 3.63) is 0 Å². The Morgan fingerprint density at radius 2 is 1.16 bits per heavy atom. The zero-order valence-electron chi connectivity index (χ0n) is 12.2. The summed E-state index contributed by atoms with van der Waals surface area (Å²) in [6.07, 6.45) is 5.93. The molecule has 0 radical (unpaired) electrons. The van der Waals surface area contributed by atoms with Gasteiger partial charge in [0, 0.05) is 26.1 Å². The Labute approximate surface area is 116 Å². The maximum Gasteiger partial charge on any atom is 0.303 e. The highest BCUT2D eigenvalue weighted by atomic mass is 16.5. The van der Waals surface area contributed by atoms with Crippen LogP contribution >= 0.6 is 0 Å². The van der Waals surface area contributed by atoms with Crippen molar-refractivity contribution < 1.29 is 24.5 Å². The third kappa shape index (κ3) is 26.5. The summed E-state index contributed by atoms with van der Waals surface area (Å²) in [6, 6.07) is 0. The molecule has 0 aliphatic rings. The van der Waals surface area contributed by atoms with Gasteiger partial charge >= 0.3 is 11.9 Å². The molecular weight excluding hydrogens is 248 g/mol. The highest BCUT2D eigenvalue weighted by Crippen LogP contribution is 1.98. The molecule has 19 heavy (non-hydrogen) atoms. The second-order valence-corrected chi connectivity index (χ2v) is 4.31. The van der Waals surface area contributed by atoms with Crippen LogP contribution in [0.2, 0.25) is 0 Å². The predicted octanol–water partition coefficient (Wildman–Crippen LogP) is 3.32. The normalized spacial score (nSPS) is 9.58. The summed E-state index contributed by atoms with van der Waals surface area (Å²) in [4.78, 5) is 19.8. The van der Waals surface area contributed by atoms with Crippen LogP contribution in [0.5, 0.6) is 0 Å². The topological polar surface area (TPSA) is 83.8 Å². The minimum Gasteiger partial charge on any atom is -0.481 e. The molecule has 2 N–H and O–H groups in total. The van der Waals surface area contributed by atoms with Crippen molar-refractivity contribution in [3.63, 3.8) is 0 Å². The molecular formula is C14H28O5. The van der Waals surface area contributed by atoms with Gasteiger partial charge in [-0.1, -0.05) is 26.7 Å². The number of carbonyl (C=O) groups is 2. The third-order valence-corrected chi connectivity index (χ3v) is 2.32. The summed E-state index contributed by atoms with van der Waals surface area (Å²) >= 11 is 0. The van der Waals surface area contributed by atoms with E-state index >= 15 is 0 Å². The molecule has 0 heterocycles. The van der Waals surface area contributed by atoms with Crippen LogP contribution in [0, 0.1) is 0 Å². The van der Waals surface area contributed by atoms with E-state index in [-0.39, 0.29) is 12.8 Å². The minimum atomic E-state index is -0.870. The standard InChI is InChI=1S/C8H18O.C6H10O4/c1-3-5-7-9-8-6-4-2;7-5(8)3-1-2-4-6(9)10/h3-8H2,1-2H3;1-4H2,(H,7,8)(H,9,10). The quantitative estimate of drug-likeness (QED) is 0.565. The van der Waals surface area contributed by atoms with Crippen LogP contribution in [0.3, 0.4) is 0 Å². The summed E-state index contributed by atoms with van der Waals surface area (Å²) in [5, 5.41) is 16.3. The first-order chi connectivity index (χ1) is 9.04. The van der Waals surface area contributed by atoms with Gasteiger partial charge in [-0.25, -0.2) is 0 Å². The van der Waals surface area contributed by atoms with Crippen molar-refractivity contribution in [2.24, 2.45) is 0 Å². The van der Waals surface area contributed by atoms with Gasteiger partial charge in [-0.3, -0.25) is 9.59 Å². The summed E-state index contributed by atoms with van der Waals surface area (Å²) in [6.45, 7) is 6.28. The van der Waals surface area contributed by atoms with Crippen LogP contribution in [0.25, 0.3) is 0 Å². The van der Waals surface area contributed by atoms with E-state index in [1.165, 1.54) is 25.7 Å². The molecule has 0 bridgehead atoms. The van der Waals surface area contributed by atoms with Crippen LogP contribution < -0.4 is 0 Å². The molecule has 114 valence electrons. The van der Waals surface area contributed by atoms with Crippen molar-refractivity contribution in [2.45, 2.75) is 65.2 Å². The van der Waals surface area contributed by atoms with E-state index in [1.807, 2.05) is 0 Å². The average molecular weight is 276 g/mol. The fourth-order valence-electron chi connectivity index (χ4n) is 1.15. The molecule has 0 unspecified atom stereocenters. The van der Waals surface area contributed by atoms with E-state index in [1.54, 1.807) is 0 Å². The zero-order chi connectivity index (χ0) is 14.9. The van der Waals surface area contributed by atoms with Gasteiger partial charge in [0.15, 0.2) is 0 Å². The van der Waals surface area contributed by atoms with Gasteiger partial charge in [0.2, 0.25) is 0 Å². The first-order valence-corrected chi connectivity index (χ1v) is 7.05. The zero-order valence-corrected chi connectivity index (χ0v) is 12.2. The van der Waals surface area contributed by atoms with Crippen molar-refractivity contribution in [3.8, 4) is 0 Å². The lowest BCUT2D eigenvalue weighted by Crippen LogP contribution is -1.97. The molecule has 0 saturated heterocycles. The predicted molar refractivity (Wildman–Crippen MR) is 74.4 cm³/mol. The van der Waals surface area contributed by atoms with E-state index < -0.39 is 11.9 Å². The van der Waals surface area contributed by atoms with E-state index in [2.05, 4.69) is 13.8 Å². The van der Waals surface area contributed by atoms with Gasteiger partial charge in [-0.2, -0.15) is 0 Å². The molecule has 0 aliphatic carbocycles. The van der Waals surface area contributed by atoms with E-state index in [9.17, 15) is 9.59 Å². The highest BCUT2D eigenvalue weighted by molar-refractivity contribution is 5.67. The van der Waals surface area contributed by atoms with Crippen LogP contribution in [0.4, 0.5) is 0 Å². The number of carboxylic acids is 2. The Morgan fingerprint density at radius 1 is 0.789 bits per heavy atom. The Hall–Kier alpha value is -1.10. The first kappa shape index (κ1) is 20.2. The average Bonchev–Trinajstić information content (AvgIpc) is 2.35. The fraction of sp³-hybridized carbons (Fsp3) is 0.857. The Morgan fingerprint density at radius 3 is 1.42 bits per heavy atom. The van der Waals surface area contributed by atoms with E-state index in [0.717, 1.165) is 13.2 Å². The maximum atomic E-state index is 9.90. The molecule has 0 fully saturated rings. The Kier molecular flexibility index (Phi) is 18.0. The summed E-state index contributed by atoms with van der Waals surface area (Å²) in [7, 11) is 0. The van der Waals surface area contributed by atoms with Crippen LogP contribution in [0.15, 0.2) is 0 Å². The SMILES string of the molecule is CCCCOCCCC.O=C(O)CCCCC(=O)O. The molecule has 0 rings (SSSR count). The van der Waals surface area contributed by atoms with Crippen LogP contribution in [0.1, 0.15) is 65.2 Å². The van der Waals surface area contributed by atoms with Crippen molar-refractivity contribution in [1.29, 1.82) is 0 Å². The molecule has 0 aromatic carbocycles. The molecule has 0 aliphatic heterocycles. The molecule has 5 heteroatoms. The van der Waals surface area contributed by atoms with Gasteiger partial charge in [0.05, 0.1) is 0 Å². The lowest BCUT2D eigenvalue weighted by molar-refractivity contribution is -0.139. The van der Waals surface area contributed by atoms with Gasteiger partial charge in [0.1, 0.15) is 0 Å². The molecule has 0 atom stereocenters. The first-order valence-electron chi connectivity index (χ1n) is 7.05. The summed E-state index contributed by atoms with van der Waals surface area (Å²) < 4.78 is 5.31. The minimum absolute atomic E-state index is 0.0628. The van der Waals surface area contributed by atoms with Crippen LogP contribution in [-0.4, -0.2) is 35.4 Å². The molecule has 0 saturated carbocycles. The fourth-order valence-corrected chi connectivity index (χ4v) is 1.15. The van der Waals surface area contributed by atoms with Crippen molar-refractivity contribution in [1.82, 2.24) is 0 Å². The molecule has 0 amide bonds. The monoisotopic (exact) mass is 276 g/mol. The number of aliphatic carboxylic acids is 2. The van der Waals surface area contributed by atoms with Crippen LogP contribution in [-0.2, 0) is 14.3 Å². The summed E-state index contributed by atoms with van der Waals surface area (Å²) in [5.41, 5.74) is 0. The molecule has 0 aromatic heterocycles. The summed E-state index contributed by atoms with van der Waals surface area (Å²) in [5.74, 6) is -1.74. The lowest BCUT2D eigenvalue weighted by Gasteiger charge is -1.99. The van der Waals surface area contributed by atoms with Gasteiger partial charge in [0.25, 0.3) is 0 Å². The number of hydrogen-bond acceptors (Lipinski definition) is 3. The number of ether oxygens (including phenoxy) is 1. The van der Waals surface area contributed by atoms with Gasteiger partial charge in [-0.05, 0) is 25.7 Å². The Bertz CT molecular complexity index is 194. The molecule has 5 nitrogen and oxygen atoms in total. The second kappa shape index (κ2) is 16.9. The second-order valence-electron chi connectivity index (χ2n) is 4.31. The maximum absolute atomic E-state index is 9.90. The van der Waals surface area contributed by atoms with Gasteiger partial charge < -0.3 is 14.9 Å². The number of carboxylic acid groups (broad SMARTS) is 2. The lowest BCUT2D eigenvalue weighted by atomic mass is 10.2. The smallest absolute Gasteiger partial charge is 0.303 e. The third-order valence-electron chi connectivity index (χ3n) is 2.32. The van der Waals surface area contributed by atoms with Crippen molar-refractivity contribution >= 4 is 11.9 Å². The van der Waals surface area contributed by atoms with Gasteiger partial charge in [-0.15, -0.1) is 0 Å². The van der Waals surface area contributed by atoms with E-state index in [4.69, 9.17) is 14.9 Å². The Balaban J connectivity index is 0. The molecule has 0 aromatic rings. The number of rotatable bonds is 11. The largest absolute Gasteiger partial charge is 0.481 e. The number of hydrogen-bond donors (Lipinski definition) is 2. The number of unbranched alkanes of at least 4 members (excludes halogenated alkanes) is 3.